The molecule has 86 heavy (non-hydrogen) atoms. The Morgan fingerprint density at radius 1 is 1.03 bits per heavy atom. The molecule has 13 rings (SSSR count). The van der Waals surface area contributed by atoms with Crippen molar-refractivity contribution in [3.63, 3.8) is 0 Å². The molecule has 448 valence electrons. The molecule has 0 aliphatic carbocycles. The molecule has 0 radical (unpaired) electrons. The van der Waals surface area contributed by atoms with E-state index in [0.717, 1.165) is 67.3 Å². The first-order chi connectivity index (χ1) is 41.3. The monoisotopic (exact) mass is 1220 g/mol. The first kappa shape index (κ1) is 57.6. The molecule has 6 aliphatic rings. The van der Waals surface area contributed by atoms with Crippen LogP contribution in [-0.2, 0) is 39.6 Å². The maximum Gasteiger partial charge on any atom is 0.412 e. The van der Waals surface area contributed by atoms with Gasteiger partial charge in [0.15, 0.2) is 5.82 Å². The molecule has 4 N–H and O–H groups in total. The molecule has 4 aromatic heterocycles. The van der Waals surface area contributed by atoms with Crippen LogP contribution < -0.4 is 26.2 Å². The van der Waals surface area contributed by atoms with Crippen LogP contribution in [0.4, 0.5) is 38.9 Å². The number of nitrogen functional groups attached to an aromatic ring is 1. The molecule has 4 fully saturated rings. The zero-order valence-electron chi connectivity index (χ0n) is 47.6. The number of nitrogens with two attached hydrogens (primary N) is 1. The van der Waals surface area contributed by atoms with Crippen LogP contribution in [0.2, 0.25) is 5.02 Å². The summed E-state index contributed by atoms with van der Waals surface area (Å²) in [5.41, 5.74) is 7.35. The van der Waals surface area contributed by atoms with Gasteiger partial charge in [-0.2, -0.15) is 15.2 Å². The van der Waals surface area contributed by atoms with Gasteiger partial charge in [0.25, 0.3) is 11.5 Å². The van der Waals surface area contributed by atoms with Gasteiger partial charge in [-0.15, -0.1) is 11.3 Å². The fourth-order valence-corrected chi connectivity index (χ4v) is 15.1. The summed E-state index contributed by atoms with van der Waals surface area (Å²) in [5.74, 6) is -2.61. The first-order valence-electron chi connectivity index (χ1n) is 29.1. The third kappa shape index (κ3) is 9.67. The molecule has 10 heterocycles. The predicted molar refractivity (Wildman–Crippen MR) is 319 cm³/mol. The van der Waals surface area contributed by atoms with Gasteiger partial charge in [-0.1, -0.05) is 37.6 Å². The summed E-state index contributed by atoms with van der Waals surface area (Å²) in [7, 11) is 0. The number of rotatable bonds is 12. The summed E-state index contributed by atoms with van der Waals surface area (Å²) in [5, 5.41) is 25.0. The number of aromatic nitrogens is 4. The number of amides is 2. The van der Waals surface area contributed by atoms with Crippen molar-refractivity contribution in [3.8, 4) is 34.6 Å². The van der Waals surface area contributed by atoms with Crippen molar-refractivity contribution in [1.82, 2.24) is 34.2 Å². The number of likely N-dealkylation sites (tertiary alicyclic amines) is 1. The fraction of sp³-hybridized carbons (Fsp3) is 0.435. The van der Waals surface area contributed by atoms with Gasteiger partial charge in [-0.3, -0.25) is 24.7 Å². The molecule has 2 amide bonds. The average Bonchev–Trinajstić information content (AvgIpc) is 1.60. The highest BCUT2D eigenvalue weighted by atomic mass is 35.5. The molecule has 3 aromatic carbocycles. The van der Waals surface area contributed by atoms with E-state index < -0.39 is 58.9 Å². The van der Waals surface area contributed by atoms with Crippen LogP contribution >= 0.6 is 22.9 Å². The van der Waals surface area contributed by atoms with E-state index in [1.165, 1.54) is 31.2 Å². The summed E-state index contributed by atoms with van der Waals surface area (Å²) < 4.78 is 83.4. The molecule has 0 bridgehead atoms. The maximum absolute atomic E-state index is 17.5. The zero-order valence-corrected chi connectivity index (χ0v) is 49.2. The van der Waals surface area contributed by atoms with Crippen molar-refractivity contribution >= 4 is 83.3 Å². The van der Waals surface area contributed by atoms with Gasteiger partial charge in [0, 0.05) is 84.1 Å². The number of hydrogen-bond donors (Lipinski definition) is 3. The summed E-state index contributed by atoms with van der Waals surface area (Å²) in [6, 6.07) is 9.93. The van der Waals surface area contributed by atoms with Gasteiger partial charge in [-0.05, 0) is 107 Å². The molecular formula is C62H62ClF4N11O7S. The van der Waals surface area contributed by atoms with Gasteiger partial charge < -0.3 is 39.4 Å². The SMILES string of the molecule is C=C(C(=O)N1CCN(c2nc(OC[C@@]34CCCN3C[C@H](F)C4)nc3c(F)c(-c4ccc(F)c5sc(N)c(C#N)c45)c(Cl)cc23)[C@@H](C)C1)[C@H](C)OC(=O)Nc1cc2c(CN3CCCCC3)c3c(nc2cc1F)-c1cc2c(c(=O)n1C3)COC[C@]2(O)CC. The minimum atomic E-state index is -1.36. The number of nitriles is 1. The number of anilines is 3. The molecule has 0 spiro atoms. The predicted octanol–water partition coefficient (Wildman–Crippen LogP) is 10.1. The Morgan fingerprint density at radius 2 is 1.84 bits per heavy atom. The minimum Gasteiger partial charge on any atom is -0.461 e. The highest BCUT2D eigenvalue weighted by molar-refractivity contribution is 7.23. The van der Waals surface area contributed by atoms with E-state index >= 15 is 13.2 Å². The lowest BCUT2D eigenvalue weighted by Gasteiger charge is -2.41. The van der Waals surface area contributed by atoms with Gasteiger partial charge in [0.05, 0.1) is 68.7 Å². The molecule has 0 saturated carbocycles. The van der Waals surface area contributed by atoms with Crippen LogP contribution in [0, 0.1) is 28.8 Å². The third-order valence-corrected chi connectivity index (χ3v) is 19.8. The minimum absolute atomic E-state index is 0.0228. The second kappa shape index (κ2) is 22.0. The Bertz CT molecular complexity index is 4140. The largest absolute Gasteiger partial charge is 0.461 e. The highest BCUT2D eigenvalue weighted by Gasteiger charge is 2.50. The molecule has 24 heteroatoms. The quantitative estimate of drug-likeness (QED) is 0.0766. The number of carbonyl (C=O) groups is 2. The maximum atomic E-state index is 17.5. The van der Waals surface area contributed by atoms with Gasteiger partial charge in [0.1, 0.15) is 58.5 Å². The van der Waals surface area contributed by atoms with Crippen LogP contribution in [0.15, 0.2) is 53.3 Å². The number of benzene rings is 3. The van der Waals surface area contributed by atoms with Crippen molar-refractivity contribution in [3.05, 3.63) is 109 Å². The number of alkyl halides is 1. The van der Waals surface area contributed by atoms with Gasteiger partial charge in [-0.25, -0.2) is 27.3 Å². The van der Waals surface area contributed by atoms with E-state index in [2.05, 4.69) is 26.7 Å². The number of hydrogen-bond acceptors (Lipinski definition) is 16. The number of fused-ring (bicyclic) bond motifs is 8. The van der Waals surface area contributed by atoms with Gasteiger partial charge in [0.2, 0.25) is 0 Å². The van der Waals surface area contributed by atoms with E-state index in [9.17, 15) is 29.1 Å². The lowest BCUT2D eigenvalue weighted by Crippen LogP contribution is -2.54. The number of thiophene rings is 1. The summed E-state index contributed by atoms with van der Waals surface area (Å²) in [6.07, 6.45) is 1.99. The second-order valence-corrected chi connectivity index (χ2v) is 25.1. The number of nitrogens with one attached hydrogen (secondary N) is 1. The lowest BCUT2D eigenvalue weighted by molar-refractivity contribution is -0.128. The van der Waals surface area contributed by atoms with E-state index in [1.807, 2.05) is 30.9 Å². The van der Waals surface area contributed by atoms with E-state index in [4.69, 9.17) is 41.5 Å². The van der Waals surface area contributed by atoms with Crippen molar-refractivity contribution in [2.24, 2.45) is 0 Å². The van der Waals surface area contributed by atoms with E-state index in [1.54, 1.807) is 9.47 Å². The highest BCUT2D eigenvalue weighted by Crippen LogP contribution is 2.48. The average molecular weight is 1220 g/mol. The Balaban J connectivity index is 0.747. The van der Waals surface area contributed by atoms with Gasteiger partial charge >= 0.3 is 12.1 Å². The summed E-state index contributed by atoms with van der Waals surface area (Å²) >= 11 is 7.87. The van der Waals surface area contributed by atoms with Crippen LogP contribution in [0.3, 0.4) is 0 Å². The lowest BCUT2D eigenvalue weighted by atomic mass is 9.86. The van der Waals surface area contributed by atoms with Crippen molar-refractivity contribution in [1.29, 1.82) is 5.26 Å². The normalized spacial score (nSPS) is 22.4. The number of piperidine rings is 1. The first-order valence-corrected chi connectivity index (χ1v) is 30.3. The molecular weight excluding hydrogens is 1150 g/mol. The number of halogens is 5. The van der Waals surface area contributed by atoms with Crippen LogP contribution in [0.25, 0.3) is 54.4 Å². The molecule has 7 aromatic rings. The Hall–Kier alpha value is -7.46. The number of piperazine rings is 1. The Labute approximate surface area is 500 Å². The standard InChI is InChI=1S/C62H62ClF4N11O7S/c1-5-62(82)30-83-28-41-42(62)20-48-52-40(27-78(48)58(41)80)39(26-74-13-7-6-8-14-74)36-19-47(45(66)21-46(36)70-52)71-60(81)85-33(4)32(3)57(79)75-16-17-77(31(2)24-75)56-37-18-43(63)50(35-10-11-44(65)54-49(35)38(23-68)55(69)86-54)51(67)53(37)72-59(73-56)84-29-61-12-9-15-76(61)25-34(64)22-61/h10-11,18-21,31,33-34,82H,3,5-9,12-17,22,24-30,69H2,1-2,4H3,(H,71,81)/t31-,33-,34+,61-,62+/m0/s1. The molecule has 6 aliphatic heterocycles. The Morgan fingerprint density at radius 3 is 2.60 bits per heavy atom. The molecule has 4 saturated heterocycles. The topological polar surface area (TPSA) is 218 Å². The summed E-state index contributed by atoms with van der Waals surface area (Å²) in [6.45, 7) is 13.1. The molecule has 18 nitrogen and oxygen atoms in total. The Kier molecular flexibility index (Phi) is 14.8. The fourth-order valence-electron chi connectivity index (χ4n) is 13.9. The number of ether oxygens (including phenoxy) is 3. The van der Waals surface area contributed by atoms with Crippen molar-refractivity contribution < 1.29 is 46.5 Å². The number of pyridine rings is 2. The van der Waals surface area contributed by atoms with Crippen LogP contribution in [-0.4, -0.2) is 134 Å². The molecule has 0 unspecified atom stereocenters. The van der Waals surface area contributed by atoms with Crippen molar-refractivity contribution in [2.45, 2.75) is 115 Å². The van der Waals surface area contributed by atoms with Crippen LogP contribution in [0.5, 0.6) is 6.01 Å². The summed E-state index contributed by atoms with van der Waals surface area (Å²) in [4.78, 5) is 64.4. The number of aliphatic hydroxyl groups is 1. The molecule has 5 atom stereocenters. The smallest absolute Gasteiger partial charge is 0.412 e. The van der Waals surface area contributed by atoms with Crippen molar-refractivity contribution in [2.75, 3.05) is 75.0 Å². The number of carbonyl (C=O) groups excluding carboxylic acids is 2. The van der Waals surface area contributed by atoms with Crippen LogP contribution in [0.1, 0.15) is 93.5 Å². The van der Waals surface area contributed by atoms with E-state index in [0.29, 0.717) is 59.3 Å². The third-order valence-electron chi connectivity index (χ3n) is 18.5. The number of nitrogens with zero attached hydrogens (tertiary/aromatic N) is 9. The zero-order chi connectivity index (χ0) is 60.2. The van der Waals surface area contributed by atoms with E-state index in [-0.39, 0.29) is 135 Å². The second-order valence-electron chi connectivity index (χ2n) is 23.7.